The average molecular weight is 312 g/mol. The second kappa shape index (κ2) is 6.26. The van der Waals surface area contributed by atoms with Gasteiger partial charge in [-0.2, -0.15) is 0 Å². The van der Waals surface area contributed by atoms with Gasteiger partial charge >= 0.3 is 0 Å². The van der Waals surface area contributed by atoms with E-state index in [0.717, 1.165) is 0 Å². The molecule has 0 saturated carbocycles. The lowest BCUT2D eigenvalue weighted by molar-refractivity contribution is 0.777. The van der Waals surface area contributed by atoms with Gasteiger partial charge in [0.1, 0.15) is 17.5 Å². The minimum absolute atomic E-state index is 0.179. The molecule has 2 aromatic rings. The SMILES string of the molecule is CC(C)c1nc(NN)cc(Nc2cc(Cl)ccc2Cl)n1. The summed E-state index contributed by atoms with van der Waals surface area (Å²) in [6, 6.07) is 6.88. The summed E-state index contributed by atoms with van der Waals surface area (Å²) >= 11 is 12.1. The minimum Gasteiger partial charge on any atom is -0.339 e. The average Bonchev–Trinajstić information content (AvgIpc) is 2.42. The molecule has 0 aliphatic rings. The molecule has 0 aliphatic carbocycles. The standard InChI is InChI=1S/C13H15Cl2N5/c1-7(2)13-18-11(6-12(19-13)20-16)17-10-5-8(14)3-4-9(10)15/h3-7H,16H2,1-2H3,(H2,17,18,19,20). The number of anilines is 3. The van der Waals surface area contributed by atoms with Gasteiger partial charge in [-0.05, 0) is 18.2 Å². The number of nitrogens with zero attached hydrogens (tertiary/aromatic N) is 2. The number of hydrazine groups is 1. The monoisotopic (exact) mass is 311 g/mol. The summed E-state index contributed by atoms with van der Waals surface area (Å²) in [7, 11) is 0. The summed E-state index contributed by atoms with van der Waals surface area (Å²) in [5.41, 5.74) is 3.20. The van der Waals surface area contributed by atoms with Crippen molar-refractivity contribution in [1.29, 1.82) is 0 Å². The number of rotatable bonds is 4. The number of benzene rings is 1. The Balaban J connectivity index is 2.37. The van der Waals surface area contributed by atoms with Crippen molar-refractivity contribution < 1.29 is 0 Å². The van der Waals surface area contributed by atoms with E-state index < -0.39 is 0 Å². The van der Waals surface area contributed by atoms with Crippen molar-refractivity contribution >= 4 is 40.5 Å². The molecule has 0 radical (unpaired) electrons. The van der Waals surface area contributed by atoms with Crippen LogP contribution in [0.15, 0.2) is 24.3 Å². The number of nitrogens with two attached hydrogens (primary N) is 1. The van der Waals surface area contributed by atoms with Crippen LogP contribution in [0.4, 0.5) is 17.3 Å². The zero-order valence-electron chi connectivity index (χ0n) is 11.1. The molecule has 5 nitrogen and oxygen atoms in total. The van der Waals surface area contributed by atoms with Crippen molar-refractivity contribution in [3.8, 4) is 0 Å². The topological polar surface area (TPSA) is 75.9 Å². The van der Waals surface area contributed by atoms with Crippen molar-refractivity contribution in [3.05, 3.63) is 40.1 Å². The van der Waals surface area contributed by atoms with Crippen LogP contribution in [-0.2, 0) is 0 Å². The van der Waals surface area contributed by atoms with Gasteiger partial charge in [0.05, 0.1) is 10.7 Å². The van der Waals surface area contributed by atoms with Crippen LogP contribution in [0.2, 0.25) is 10.0 Å². The third-order valence-electron chi connectivity index (χ3n) is 2.60. The lowest BCUT2D eigenvalue weighted by Crippen LogP contribution is -2.12. The summed E-state index contributed by atoms with van der Waals surface area (Å²) in [5.74, 6) is 7.41. The molecular formula is C13H15Cl2N5. The Bertz CT molecular complexity index is 616. The van der Waals surface area contributed by atoms with E-state index in [2.05, 4.69) is 20.7 Å². The van der Waals surface area contributed by atoms with Gasteiger partial charge in [0, 0.05) is 17.0 Å². The first kappa shape index (κ1) is 14.8. The van der Waals surface area contributed by atoms with Crippen molar-refractivity contribution in [3.63, 3.8) is 0 Å². The molecule has 0 atom stereocenters. The van der Waals surface area contributed by atoms with Gasteiger partial charge in [-0.15, -0.1) is 0 Å². The molecular weight excluding hydrogens is 297 g/mol. The Morgan fingerprint density at radius 2 is 1.80 bits per heavy atom. The van der Waals surface area contributed by atoms with Crippen molar-refractivity contribution in [2.75, 3.05) is 10.7 Å². The Morgan fingerprint density at radius 3 is 2.45 bits per heavy atom. The van der Waals surface area contributed by atoms with E-state index in [9.17, 15) is 0 Å². The molecule has 7 heteroatoms. The lowest BCUT2D eigenvalue weighted by Gasteiger charge is -2.12. The highest BCUT2D eigenvalue weighted by Crippen LogP contribution is 2.28. The molecule has 20 heavy (non-hydrogen) atoms. The van der Waals surface area contributed by atoms with Crippen LogP contribution in [0.3, 0.4) is 0 Å². The molecule has 0 bridgehead atoms. The first-order chi connectivity index (χ1) is 9.49. The number of aromatic nitrogens is 2. The predicted molar refractivity (Wildman–Crippen MR) is 83.7 cm³/mol. The van der Waals surface area contributed by atoms with Gasteiger partial charge in [0.2, 0.25) is 0 Å². The van der Waals surface area contributed by atoms with Crippen LogP contribution >= 0.6 is 23.2 Å². The summed E-state index contributed by atoms with van der Waals surface area (Å²) in [5, 5.41) is 4.27. The van der Waals surface area contributed by atoms with E-state index in [1.165, 1.54) is 0 Å². The maximum absolute atomic E-state index is 6.12. The van der Waals surface area contributed by atoms with E-state index in [4.69, 9.17) is 29.0 Å². The highest BCUT2D eigenvalue weighted by atomic mass is 35.5. The van der Waals surface area contributed by atoms with Crippen LogP contribution in [0.25, 0.3) is 0 Å². The molecule has 0 aliphatic heterocycles. The fourth-order valence-electron chi connectivity index (χ4n) is 1.59. The number of hydrogen-bond donors (Lipinski definition) is 3. The van der Waals surface area contributed by atoms with Crippen LogP contribution in [0.1, 0.15) is 25.6 Å². The molecule has 1 aromatic carbocycles. The summed E-state index contributed by atoms with van der Waals surface area (Å²) in [4.78, 5) is 8.71. The quantitative estimate of drug-likeness (QED) is 0.589. The largest absolute Gasteiger partial charge is 0.339 e. The molecule has 0 spiro atoms. The van der Waals surface area contributed by atoms with Crippen LogP contribution < -0.4 is 16.6 Å². The van der Waals surface area contributed by atoms with Crippen molar-refractivity contribution in [1.82, 2.24) is 9.97 Å². The Kier molecular flexibility index (Phi) is 4.65. The maximum atomic E-state index is 6.12. The molecule has 4 N–H and O–H groups in total. The summed E-state index contributed by atoms with van der Waals surface area (Å²) in [6.45, 7) is 4.01. The van der Waals surface area contributed by atoms with Gasteiger partial charge in [0.15, 0.2) is 0 Å². The molecule has 106 valence electrons. The molecule has 0 amide bonds. The normalized spacial score (nSPS) is 10.7. The zero-order valence-corrected chi connectivity index (χ0v) is 12.6. The second-order valence-corrected chi connectivity index (χ2v) is 5.39. The maximum Gasteiger partial charge on any atom is 0.145 e. The number of nitrogen functional groups attached to an aromatic ring is 1. The Labute approximate surface area is 127 Å². The molecule has 0 fully saturated rings. The van der Waals surface area contributed by atoms with Gasteiger partial charge in [-0.3, -0.25) is 0 Å². The lowest BCUT2D eigenvalue weighted by atomic mass is 10.2. The van der Waals surface area contributed by atoms with Crippen LogP contribution in [0, 0.1) is 0 Å². The highest BCUT2D eigenvalue weighted by Gasteiger charge is 2.09. The first-order valence-electron chi connectivity index (χ1n) is 6.07. The van der Waals surface area contributed by atoms with Crippen LogP contribution in [0.5, 0.6) is 0 Å². The fourth-order valence-corrected chi connectivity index (χ4v) is 1.93. The molecule has 2 rings (SSSR count). The van der Waals surface area contributed by atoms with E-state index in [1.807, 2.05) is 13.8 Å². The van der Waals surface area contributed by atoms with Crippen molar-refractivity contribution in [2.24, 2.45) is 5.84 Å². The molecule has 0 unspecified atom stereocenters. The molecule has 1 heterocycles. The zero-order chi connectivity index (χ0) is 14.7. The predicted octanol–water partition coefficient (Wildman–Crippen LogP) is 3.94. The Morgan fingerprint density at radius 1 is 1.10 bits per heavy atom. The van der Waals surface area contributed by atoms with E-state index in [-0.39, 0.29) is 5.92 Å². The minimum atomic E-state index is 0.179. The first-order valence-corrected chi connectivity index (χ1v) is 6.83. The fraction of sp³-hybridized carbons (Fsp3) is 0.231. The van der Waals surface area contributed by atoms with E-state index in [1.54, 1.807) is 24.3 Å². The summed E-state index contributed by atoms with van der Waals surface area (Å²) in [6.07, 6.45) is 0. The van der Waals surface area contributed by atoms with E-state index >= 15 is 0 Å². The number of nitrogens with one attached hydrogen (secondary N) is 2. The molecule has 1 aromatic heterocycles. The Hall–Kier alpha value is -1.56. The van der Waals surface area contributed by atoms with Gasteiger partial charge in [0.25, 0.3) is 0 Å². The smallest absolute Gasteiger partial charge is 0.145 e. The highest BCUT2D eigenvalue weighted by molar-refractivity contribution is 6.35. The number of halogens is 2. The third kappa shape index (κ3) is 3.50. The number of hydrogen-bond acceptors (Lipinski definition) is 5. The summed E-state index contributed by atoms with van der Waals surface area (Å²) < 4.78 is 0. The third-order valence-corrected chi connectivity index (χ3v) is 3.16. The van der Waals surface area contributed by atoms with Gasteiger partial charge in [-0.1, -0.05) is 37.0 Å². The van der Waals surface area contributed by atoms with Gasteiger partial charge < -0.3 is 10.7 Å². The van der Waals surface area contributed by atoms with Crippen LogP contribution in [-0.4, -0.2) is 9.97 Å². The van der Waals surface area contributed by atoms with Gasteiger partial charge in [-0.25, -0.2) is 15.8 Å². The van der Waals surface area contributed by atoms with E-state index in [0.29, 0.717) is 33.2 Å². The van der Waals surface area contributed by atoms with Crippen molar-refractivity contribution in [2.45, 2.75) is 19.8 Å². The second-order valence-electron chi connectivity index (χ2n) is 4.54. The molecule has 0 saturated heterocycles.